The number of benzene rings is 1. The largest absolute Gasteiger partial charge is 0.298 e. The van der Waals surface area contributed by atoms with Crippen LogP contribution in [-0.2, 0) is 0 Å². The van der Waals surface area contributed by atoms with Crippen LogP contribution in [0.4, 0.5) is 0 Å². The maximum atomic E-state index is 10.5. The summed E-state index contributed by atoms with van der Waals surface area (Å²) in [6, 6.07) is 7.77. The van der Waals surface area contributed by atoms with Crippen LogP contribution in [0.3, 0.4) is 0 Å². The molecule has 1 unspecified atom stereocenters. The Morgan fingerprint density at radius 2 is 1.79 bits per heavy atom. The number of carbonyl (C=O) groups is 1. The summed E-state index contributed by atoms with van der Waals surface area (Å²) in [5.74, 6) is 0.475. The zero-order chi connectivity index (χ0) is 10.3. The van der Waals surface area contributed by atoms with E-state index >= 15 is 0 Å². The Bertz CT molecular complexity index is 384. The Balaban J connectivity index is 2.28. The van der Waals surface area contributed by atoms with Gasteiger partial charge in [-0.1, -0.05) is 50.3 Å². The minimum absolute atomic E-state index is 0.239. The molecule has 2 rings (SSSR count). The van der Waals surface area contributed by atoms with E-state index in [0.29, 0.717) is 5.92 Å². The third-order valence-corrected chi connectivity index (χ3v) is 3.22. The Hall–Kier alpha value is -1.37. The van der Waals surface area contributed by atoms with Crippen molar-refractivity contribution < 1.29 is 4.79 Å². The van der Waals surface area contributed by atoms with Gasteiger partial charge < -0.3 is 0 Å². The summed E-state index contributed by atoms with van der Waals surface area (Å²) in [6.45, 7) is 8.45. The minimum Gasteiger partial charge on any atom is -0.298 e. The van der Waals surface area contributed by atoms with Crippen LogP contribution in [0.5, 0.6) is 0 Å². The van der Waals surface area contributed by atoms with Gasteiger partial charge in [0.1, 0.15) is 6.29 Å². The van der Waals surface area contributed by atoms with Crippen molar-refractivity contribution in [3.63, 3.8) is 0 Å². The highest BCUT2D eigenvalue weighted by molar-refractivity contribution is 5.74. The van der Waals surface area contributed by atoms with E-state index in [1.165, 1.54) is 11.1 Å². The summed E-state index contributed by atoms with van der Waals surface area (Å²) in [5, 5.41) is 0. The third kappa shape index (κ3) is 1.20. The van der Waals surface area contributed by atoms with Gasteiger partial charge >= 0.3 is 0 Å². The fraction of sp³-hybridized carbons (Fsp3) is 0.308. The lowest BCUT2D eigenvalue weighted by Gasteiger charge is -2.01. The molecule has 1 aliphatic rings. The second kappa shape index (κ2) is 2.81. The van der Waals surface area contributed by atoms with Gasteiger partial charge in [-0.15, -0.1) is 0 Å². The highest BCUT2D eigenvalue weighted by Gasteiger charge is 2.51. The Morgan fingerprint density at radius 3 is 2.14 bits per heavy atom. The van der Waals surface area contributed by atoms with Crippen LogP contribution in [-0.4, -0.2) is 6.29 Å². The van der Waals surface area contributed by atoms with Gasteiger partial charge in [0, 0.05) is 11.5 Å². The van der Waals surface area contributed by atoms with Crippen LogP contribution < -0.4 is 0 Å². The van der Waals surface area contributed by atoms with Crippen molar-refractivity contribution in [3.05, 3.63) is 47.5 Å². The van der Waals surface area contributed by atoms with Crippen LogP contribution >= 0.6 is 0 Å². The van der Waals surface area contributed by atoms with Crippen molar-refractivity contribution in [2.75, 3.05) is 0 Å². The molecule has 0 amide bonds. The third-order valence-electron chi connectivity index (χ3n) is 3.22. The summed E-state index contributed by atoms with van der Waals surface area (Å²) in [6.07, 6.45) is 0.872. The lowest BCUT2D eigenvalue weighted by molar-refractivity contribution is 0.112. The molecule has 72 valence electrons. The van der Waals surface area contributed by atoms with Crippen molar-refractivity contribution in [1.82, 2.24) is 0 Å². The van der Waals surface area contributed by atoms with E-state index in [-0.39, 0.29) is 5.41 Å². The first kappa shape index (κ1) is 9.20. The summed E-state index contributed by atoms with van der Waals surface area (Å²) in [5.41, 5.74) is 3.53. The Labute approximate surface area is 84.5 Å². The average Bonchev–Trinajstić information content (AvgIpc) is 2.67. The number of allylic oxidation sites excluding steroid dienone is 1. The van der Waals surface area contributed by atoms with Crippen molar-refractivity contribution in [3.8, 4) is 0 Å². The smallest absolute Gasteiger partial charge is 0.150 e. The topological polar surface area (TPSA) is 17.1 Å². The monoisotopic (exact) mass is 186 g/mol. The van der Waals surface area contributed by atoms with Crippen LogP contribution in [0, 0.1) is 5.41 Å². The van der Waals surface area contributed by atoms with Crippen LogP contribution in [0.15, 0.2) is 36.4 Å². The number of rotatable bonds is 2. The molecule has 0 aromatic heterocycles. The number of hydrogen-bond acceptors (Lipinski definition) is 1. The number of carbonyl (C=O) groups excluding carboxylic acids is 1. The summed E-state index contributed by atoms with van der Waals surface area (Å²) >= 11 is 0. The molecule has 0 aliphatic heterocycles. The molecule has 1 aromatic carbocycles. The van der Waals surface area contributed by atoms with Gasteiger partial charge in [0.2, 0.25) is 0 Å². The van der Waals surface area contributed by atoms with Gasteiger partial charge in [-0.05, 0) is 11.0 Å². The molecular formula is C13H14O. The fourth-order valence-electron chi connectivity index (χ4n) is 2.02. The van der Waals surface area contributed by atoms with Gasteiger partial charge in [-0.25, -0.2) is 0 Å². The highest BCUT2D eigenvalue weighted by atomic mass is 16.1. The summed E-state index contributed by atoms with van der Waals surface area (Å²) < 4.78 is 0. The fourth-order valence-corrected chi connectivity index (χ4v) is 2.02. The zero-order valence-electron chi connectivity index (χ0n) is 8.58. The molecule has 1 heteroatoms. The average molecular weight is 186 g/mol. The van der Waals surface area contributed by atoms with Crippen LogP contribution in [0.1, 0.15) is 35.7 Å². The van der Waals surface area contributed by atoms with E-state index in [1.54, 1.807) is 0 Å². The molecule has 0 saturated heterocycles. The van der Waals surface area contributed by atoms with Crippen molar-refractivity contribution in [2.45, 2.75) is 19.8 Å². The molecule has 1 fully saturated rings. The van der Waals surface area contributed by atoms with Gasteiger partial charge in [-0.2, -0.15) is 0 Å². The second-order valence-electron chi connectivity index (χ2n) is 4.46. The predicted molar refractivity (Wildman–Crippen MR) is 57.5 cm³/mol. The van der Waals surface area contributed by atoms with E-state index in [1.807, 2.05) is 24.3 Å². The van der Waals surface area contributed by atoms with E-state index in [9.17, 15) is 4.79 Å². The molecule has 1 saturated carbocycles. The zero-order valence-corrected chi connectivity index (χ0v) is 8.58. The normalized spacial score (nSPS) is 23.3. The maximum Gasteiger partial charge on any atom is 0.150 e. The number of aldehydes is 1. The lowest BCUT2D eigenvalue weighted by Crippen LogP contribution is -1.90. The molecule has 0 spiro atoms. The quantitative estimate of drug-likeness (QED) is 0.512. The molecule has 1 aromatic rings. The summed E-state index contributed by atoms with van der Waals surface area (Å²) in [7, 11) is 0. The Morgan fingerprint density at radius 1 is 1.29 bits per heavy atom. The standard InChI is InChI=1S/C13H14O/c1-9-12(13(9,2)3)11-6-4-10(8-14)5-7-11/h4-8,12H,1H2,2-3H3. The molecule has 0 bridgehead atoms. The van der Waals surface area contributed by atoms with E-state index in [0.717, 1.165) is 11.8 Å². The van der Waals surface area contributed by atoms with Crippen LogP contribution in [0.2, 0.25) is 0 Å². The molecular weight excluding hydrogens is 172 g/mol. The van der Waals surface area contributed by atoms with Gasteiger partial charge in [0.15, 0.2) is 0 Å². The van der Waals surface area contributed by atoms with Crippen molar-refractivity contribution in [1.29, 1.82) is 0 Å². The molecule has 0 heterocycles. The van der Waals surface area contributed by atoms with Crippen LogP contribution in [0.25, 0.3) is 0 Å². The summed E-state index contributed by atoms with van der Waals surface area (Å²) in [4.78, 5) is 10.5. The minimum atomic E-state index is 0.239. The SMILES string of the molecule is C=C1C(c2ccc(C=O)cc2)C1(C)C. The Kier molecular flexibility index (Phi) is 1.84. The van der Waals surface area contributed by atoms with Crippen molar-refractivity contribution in [2.24, 2.45) is 5.41 Å². The number of hydrogen-bond donors (Lipinski definition) is 0. The molecule has 0 radical (unpaired) electrons. The van der Waals surface area contributed by atoms with E-state index < -0.39 is 0 Å². The molecule has 1 nitrogen and oxygen atoms in total. The van der Waals surface area contributed by atoms with E-state index in [2.05, 4.69) is 20.4 Å². The second-order valence-corrected chi connectivity index (χ2v) is 4.46. The lowest BCUT2D eigenvalue weighted by atomic mass is 10.0. The molecule has 1 aliphatic carbocycles. The molecule has 14 heavy (non-hydrogen) atoms. The molecule has 1 atom stereocenters. The first-order valence-electron chi connectivity index (χ1n) is 4.82. The first-order chi connectivity index (χ1) is 6.57. The van der Waals surface area contributed by atoms with Gasteiger partial charge in [0.05, 0.1) is 0 Å². The maximum absolute atomic E-state index is 10.5. The van der Waals surface area contributed by atoms with Gasteiger partial charge in [0.25, 0.3) is 0 Å². The predicted octanol–water partition coefficient (Wildman–Crippen LogP) is 3.18. The van der Waals surface area contributed by atoms with E-state index in [4.69, 9.17) is 0 Å². The first-order valence-corrected chi connectivity index (χ1v) is 4.82. The molecule has 0 N–H and O–H groups in total. The highest BCUT2D eigenvalue weighted by Crippen LogP contribution is 2.62. The van der Waals surface area contributed by atoms with Crippen molar-refractivity contribution >= 4 is 6.29 Å². The van der Waals surface area contributed by atoms with Gasteiger partial charge in [-0.3, -0.25) is 4.79 Å².